The number of aromatic nitrogens is 2. The van der Waals surface area contributed by atoms with Gasteiger partial charge in [-0.2, -0.15) is 0 Å². The first-order valence-corrected chi connectivity index (χ1v) is 8.96. The minimum Gasteiger partial charge on any atom is -0.490 e. The van der Waals surface area contributed by atoms with Crippen molar-refractivity contribution in [3.63, 3.8) is 0 Å². The topological polar surface area (TPSA) is 99.6 Å². The lowest BCUT2D eigenvalue weighted by Gasteiger charge is -2.10. The molecule has 0 radical (unpaired) electrons. The maximum Gasteiger partial charge on any atom is 0.284 e. The van der Waals surface area contributed by atoms with Crippen LogP contribution in [0.3, 0.4) is 0 Å². The number of rotatable bonds is 5. The second kappa shape index (κ2) is 7.52. The highest BCUT2D eigenvalue weighted by atomic mass is 32.2. The van der Waals surface area contributed by atoms with Crippen LogP contribution in [0.15, 0.2) is 50.7 Å². The molecule has 8 nitrogen and oxygen atoms in total. The van der Waals surface area contributed by atoms with Crippen LogP contribution in [0.4, 0.5) is 5.69 Å². The van der Waals surface area contributed by atoms with Gasteiger partial charge in [0, 0.05) is 18.2 Å². The Morgan fingerprint density at radius 3 is 2.88 bits per heavy atom. The Hall–Kier alpha value is -2.94. The first kappa shape index (κ1) is 16.5. The van der Waals surface area contributed by atoms with Crippen LogP contribution < -0.4 is 14.8 Å². The molecule has 1 aromatic carbocycles. The number of nitrogens with zero attached hydrogens (tertiary/aromatic N) is 2. The number of amides is 1. The number of anilines is 1. The molecule has 3 heterocycles. The van der Waals surface area contributed by atoms with E-state index in [1.807, 2.05) is 0 Å². The van der Waals surface area contributed by atoms with Gasteiger partial charge >= 0.3 is 0 Å². The van der Waals surface area contributed by atoms with E-state index in [0.29, 0.717) is 41.4 Å². The smallest absolute Gasteiger partial charge is 0.284 e. The van der Waals surface area contributed by atoms with Crippen LogP contribution in [0.1, 0.15) is 6.42 Å². The maximum atomic E-state index is 12.1. The number of carbonyl (C=O) groups excluding carboxylic acids is 1. The molecule has 0 spiro atoms. The van der Waals surface area contributed by atoms with Gasteiger partial charge in [0.2, 0.25) is 5.91 Å². The minimum atomic E-state index is -0.192. The molecule has 2 aromatic heterocycles. The molecular weight excluding hydrogens is 358 g/mol. The molecule has 0 unspecified atom stereocenters. The number of ether oxygens (including phenoxy) is 2. The summed E-state index contributed by atoms with van der Waals surface area (Å²) >= 11 is 1.15. The van der Waals surface area contributed by atoms with Gasteiger partial charge in [0.1, 0.15) is 0 Å². The lowest BCUT2D eigenvalue weighted by atomic mass is 10.2. The number of hydrogen-bond acceptors (Lipinski definition) is 8. The summed E-state index contributed by atoms with van der Waals surface area (Å²) in [5.74, 6) is 2.02. The number of carbonyl (C=O) groups is 1. The normalized spacial score (nSPS) is 13.2. The fraction of sp³-hybridized carbons (Fsp3) is 0.235. The Balaban J connectivity index is 1.34. The number of hydrogen-bond donors (Lipinski definition) is 1. The summed E-state index contributed by atoms with van der Waals surface area (Å²) in [6.07, 6.45) is 2.35. The summed E-state index contributed by atoms with van der Waals surface area (Å²) in [5, 5.41) is 10.9. The number of furan rings is 1. The molecule has 0 saturated heterocycles. The minimum absolute atomic E-state index is 0.133. The van der Waals surface area contributed by atoms with Crippen molar-refractivity contribution in [3.8, 4) is 23.1 Å². The highest BCUT2D eigenvalue weighted by molar-refractivity contribution is 7.99. The van der Waals surface area contributed by atoms with E-state index in [0.717, 1.165) is 18.2 Å². The third-order valence-electron chi connectivity index (χ3n) is 3.50. The Morgan fingerprint density at radius 1 is 1.15 bits per heavy atom. The Bertz CT molecular complexity index is 894. The van der Waals surface area contributed by atoms with Crippen LogP contribution in [0.2, 0.25) is 0 Å². The van der Waals surface area contributed by atoms with Crippen LogP contribution in [-0.2, 0) is 4.79 Å². The summed E-state index contributed by atoms with van der Waals surface area (Å²) in [5.41, 5.74) is 0.640. The molecule has 134 valence electrons. The highest BCUT2D eigenvalue weighted by Crippen LogP contribution is 2.32. The van der Waals surface area contributed by atoms with Crippen molar-refractivity contribution < 1.29 is 23.1 Å². The van der Waals surface area contributed by atoms with Crippen molar-refractivity contribution in [2.24, 2.45) is 0 Å². The molecule has 0 atom stereocenters. The monoisotopic (exact) mass is 373 g/mol. The lowest BCUT2D eigenvalue weighted by molar-refractivity contribution is -0.113. The molecular formula is C17H15N3O5S. The summed E-state index contributed by atoms with van der Waals surface area (Å²) in [7, 11) is 0. The lowest BCUT2D eigenvalue weighted by Crippen LogP contribution is -2.14. The van der Waals surface area contributed by atoms with Gasteiger partial charge in [-0.15, -0.1) is 10.2 Å². The molecule has 1 N–H and O–H groups in total. The first-order valence-electron chi connectivity index (χ1n) is 7.97. The Morgan fingerprint density at radius 2 is 2.04 bits per heavy atom. The molecule has 1 aliphatic heterocycles. The molecule has 0 fully saturated rings. The zero-order chi connectivity index (χ0) is 17.8. The van der Waals surface area contributed by atoms with Gasteiger partial charge in [0.05, 0.1) is 25.2 Å². The van der Waals surface area contributed by atoms with E-state index >= 15 is 0 Å². The Kier molecular flexibility index (Phi) is 4.78. The Labute approximate surface area is 152 Å². The molecule has 3 aromatic rings. The summed E-state index contributed by atoms with van der Waals surface area (Å²) < 4.78 is 21.8. The van der Waals surface area contributed by atoms with Gasteiger partial charge in [0.25, 0.3) is 11.1 Å². The second-order valence-corrected chi connectivity index (χ2v) is 6.33. The number of thioether (sulfide) groups is 1. The van der Waals surface area contributed by atoms with Gasteiger partial charge in [0.15, 0.2) is 17.3 Å². The van der Waals surface area contributed by atoms with Crippen molar-refractivity contribution >= 4 is 23.4 Å². The quantitative estimate of drug-likeness (QED) is 0.681. The average molecular weight is 373 g/mol. The van der Waals surface area contributed by atoms with Crippen molar-refractivity contribution in [3.05, 3.63) is 36.6 Å². The van der Waals surface area contributed by atoms with Crippen LogP contribution in [-0.4, -0.2) is 35.1 Å². The van der Waals surface area contributed by atoms with Gasteiger partial charge in [-0.1, -0.05) is 11.8 Å². The third kappa shape index (κ3) is 3.83. The number of nitrogens with one attached hydrogen (secondary N) is 1. The van der Waals surface area contributed by atoms with E-state index in [2.05, 4.69) is 15.5 Å². The molecule has 0 aliphatic carbocycles. The molecule has 0 saturated carbocycles. The fourth-order valence-electron chi connectivity index (χ4n) is 2.33. The van der Waals surface area contributed by atoms with E-state index in [1.54, 1.807) is 30.3 Å². The van der Waals surface area contributed by atoms with Crippen LogP contribution in [0, 0.1) is 0 Å². The molecule has 1 amide bonds. The van der Waals surface area contributed by atoms with E-state index in [4.69, 9.17) is 18.3 Å². The molecule has 26 heavy (non-hydrogen) atoms. The second-order valence-electron chi connectivity index (χ2n) is 5.40. The van der Waals surface area contributed by atoms with Crippen LogP contribution in [0.5, 0.6) is 11.5 Å². The van der Waals surface area contributed by atoms with E-state index in [9.17, 15) is 4.79 Å². The third-order valence-corrected chi connectivity index (χ3v) is 4.31. The molecule has 4 rings (SSSR count). The molecule has 1 aliphatic rings. The fourth-order valence-corrected chi connectivity index (χ4v) is 2.90. The van der Waals surface area contributed by atoms with Crippen molar-refractivity contribution in [1.29, 1.82) is 0 Å². The van der Waals surface area contributed by atoms with Gasteiger partial charge in [-0.3, -0.25) is 4.79 Å². The van der Waals surface area contributed by atoms with Crippen molar-refractivity contribution in [1.82, 2.24) is 10.2 Å². The largest absolute Gasteiger partial charge is 0.490 e. The average Bonchev–Trinajstić information content (AvgIpc) is 3.28. The molecule has 0 bridgehead atoms. The zero-order valence-electron chi connectivity index (χ0n) is 13.6. The van der Waals surface area contributed by atoms with E-state index in [-0.39, 0.29) is 17.6 Å². The first-order chi connectivity index (χ1) is 12.8. The van der Waals surface area contributed by atoms with Gasteiger partial charge in [-0.05, 0) is 24.3 Å². The maximum absolute atomic E-state index is 12.1. The predicted octanol–water partition coefficient (Wildman–Crippen LogP) is 3.22. The van der Waals surface area contributed by atoms with E-state index < -0.39 is 0 Å². The van der Waals surface area contributed by atoms with Crippen molar-refractivity contribution in [2.45, 2.75) is 11.6 Å². The van der Waals surface area contributed by atoms with Crippen LogP contribution >= 0.6 is 11.8 Å². The standard InChI is InChI=1S/C17H15N3O5S/c21-15(10-26-17-20-19-16(25-17)13-3-1-6-23-13)18-11-4-5-12-14(9-11)24-8-2-7-22-12/h1,3-6,9H,2,7-8,10H2,(H,18,21). The van der Waals surface area contributed by atoms with Gasteiger partial charge < -0.3 is 23.6 Å². The highest BCUT2D eigenvalue weighted by Gasteiger charge is 2.14. The zero-order valence-corrected chi connectivity index (χ0v) is 14.5. The van der Waals surface area contributed by atoms with E-state index in [1.165, 1.54) is 6.26 Å². The van der Waals surface area contributed by atoms with Crippen molar-refractivity contribution in [2.75, 3.05) is 24.3 Å². The number of benzene rings is 1. The van der Waals surface area contributed by atoms with Crippen LogP contribution in [0.25, 0.3) is 11.7 Å². The summed E-state index contributed by atoms with van der Waals surface area (Å²) in [6.45, 7) is 1.22. The SMILES string of the molecule is O=C(CSc1nnc(-c2ccco2)o1)Nc1ccc2c(c1)OCCCO2. The number of fused-ring (bicyclic) bond motifs is 1. The molecule has 9 heteroatoms. The predicted molar refractivity (Wildman–Crippen MR) is 93.4 cm³/mol. The van der Waals surface area contributed by atoms with Gasteiger partial charge in [-0.25, -0.2) is 0 Å². The summed E-state index contributed by atoms with van der Waals surface area (Å²) in [6, 6.07) is 8.77. The summed E-state index contributed by atoms with van der Waals surface area (Å²) in [4.78, 5) is 12.1.